The first kappa shape index (κ1) is 13.9. The van der Waals surface area contributed by atoms with Gasteiger partial charge in [-0.3, -0.25) is 9.20 Å². The molecular weight excluding hydrogens is 293 g/mol. The fourth-order valence-electron chi connectivity index (χ4n) is 3.17. The van der Waals surface area contributed by atoms with Gasteiger partial charge in [0.1, 0.15) is 11.5 Å². The largest absolute Gasteiger partial charge is 0.365 e. The number of anilines is 1. The Morgan fingerprint density at radius 1 is 1.26 bits per heavy atom. The summed E-state index contributed by atoms with van der Waals surface area (Å²) in [4.78, 5) is 19.0. The molecule has 5 heteroatoms. The second-order valence-corrected chi connectivity index (χ2v) is 5.92. The van der Waals surface area contributed by atoms with E-state index >= 15 is 0 Å². The topological polar surface area (TPSA) is 37.6 Å². The lowest BCUT2D eigenvalue weighted by atomic mass is 10.2. The van der Waals surface area contributed by atoms with E-state index < -0.39 is 0 Å². The van der Waals surface area contributed by atoms with Gasteiger partial charge in [0.2, 0.25) is 0 Å². The molecule has 0 fully saturated rings. The molecule has 0 spiro atoms. The molecule has 1 aromatic carbocycles. The van der Waals surface area contributed by atoms with Crippen molar-refractivity contribution in [3.63, 3.8) is 0 Å². The number of rotatable bonds is 2. The van der Waals surface area contributed by atoms with Gasteiger partial charge in [-0.05, 0) is 42.7 Å². The third kappa shape index (κ3) is 2.38. The van der Waals surface area contributed by atoms with Crippen molar-refractivity contribution >= 4 is 11.3 Å². The monoisotopic (exact) mass is 309 g/mol. The number of hydrogen-bond acceptors (Lipinski definition) is 3. The van der Waals surface area contributed by atoms with E-state index in [9.17, 15) is 9.18 Å². The van der Waals surface area contributed by atoms with Gasteiger partial charge in [-0.15, -0.1) is 0 Å². The van der Waals surface area contributed by atoms with Gasteiger partial charge >= 0.3 is 0 Å². The van der Waals surface area contributed by atoms with Crippen LogP contribution in [0.25, 0.3) is 5.65 Å². The molecule has 1 aliphatic rings. The van der Waals surface area contributed by atoms with E-state index in [0.717, 1.165) is 29.8 Å². The summed E-state index contributed by atoms with van der Waals surface area (Å²) >= 11 is 0. The summed E-state index contributed by atoms with van der Waals surface area (Å²) in [6, 6.07) is 10.2. The predicted molar refractivity (Wildman–Crippen MR) is 87.4 cm³/mol. The quantitative estimate of drug-likeness (QED) is 0.730. The average Bonchev–Trinajstić information content (AvgIpc) is 2.91. The van der Waals surface area contributed by atoms with E-state index in [0.29, 0.717) is 17.9 Å². The van der Waals surface area contributed by atoms with E-state index in [-0.39, 0.29) is 11.4 Å². The molecule has 2 aromatic heterocycles. The third-order valence-electron chi connectivity index (χ3n) is 4.33. The first-order valence-corrected chi connectivity index (χ1v) is 7.63. The van der Waals surface area contributed by atoms with Crippen LogP contribution in [-0.4, -0.2) is 15.9 Å². The number of fused-ring (bicyclic) bond motifs is 2. The summed E-state index contributed by atoms with van der Waals surface area (Å²) < 4.78 is 15.1. The first-order chi connectivity index (χ1) is 11.1. The smallest absolute Gasteiger partial charge is 0.258 e. The van der Waals surface area contributed by atoms with Crippen molar-refractivity contribution in [3.05, 3.63) is 75.6 Å². The number of pyridine rings is 1. The predicted octanol–water partition coefficient (Wildman–Crippen LogP) is 2.70. The number of aryl methyl sites for hydroxylation is 1. The molecule has 1 aliphatic heterocycles. The Bertz CT molecular complexity index is 964. The van der Waals surface area contributed by atoms with E-state index in [1.165, 1.54) is 6.07 Å². The Morgan fingerprint density at radius 2 is 2.13 bits per heavy atom. The molecule has 0 atom stereocenters. The summed E-state index contributed by atoms with van der Waals surface area (Å²) in [7, 11) is 0. The van der Waals surface area contributed by atoms with Gasteiger partial charge < -0.3 is 4.90 Å². The van der Waals surface area contributed by atoms with Crippen LogP contribution in [0.1, 0.15) is 16.8 Å². The molecule has 0 amide bonds. The van der Waals surface area contributed by atoms with Gasteiger partial charge in [-0.1, -0.05) is 12.1 Å². The van der Waals surface area contributed by atoms with Crippen LogP contribution in [0, 0.1) is 12.7 Å². The lowest BCUT2D eigenvalue weighted by Crippen LogP contribution is -2.23. The van der Waals surface area contributed by atoms with Crippen molar-refractivity contribution in [2.24, 2.45) is 0 Å². The van der Waals surface area contributed by atoms with Crippen LogP contribution in [0.4, 0.5) is 10.1 Å². The molecule has 3 aromatic rings. The molecule has 0 saturated carbocycles. The average molecular weight is 309 g/mol. The first-order valence-electron chi connectivity index (χ1n) is 7.63. The summed E-state index contributed by atoms with van der Waals surface area (Å²) in [5.74, 6) is -0.238. The molecule has 0 saturated heterocycles. The normalized spacial score (nSPS) is 13.6. The maximum absolute atomic E-state index is 13.5. The zero-order valence-corrected chi connectivity index (χ0v) is 12.8. The Balaban J connectivity index is 1.74. The summed E-state index contributed by atoms with van der Waals surface area (Å²) in [5.41, 5.74) is 4.29. The van der Waals surface area contributed by atoms with Gasteiger partial charge in [-0.2, -0.15) is 0 Å². The number of benzene rings is 1. The van der Waals surface area contributed by atoms with Crippen LogP contribution in [0.3, 0.4) is 0 Å². The van der Waals surface area contributed by atoms with Crippen molar-refractivity contribution < 1.29 is 4.39 Å². The highest BCUT2D eigenvalue weighted by atomic mass is 19.1. The highest BCUT2D eigenvalue weighted by Crippen LogP contribution is 2.29. The van der Waals surface area contributed by atoms with E-state index in [1.54, 1.807) is 22.7 Å². The lowest BCUT2D eigenvalue weighted by molar-refractivity contribution is 0.627. The van der Waals surface area contributed by atoms with Gasteiger partial charge in [-0.25, -0.2) is 9.37 Å². The lowest BCUT2D eigenvalue weighted by Gasteiger charge is -2.19. The van der Waals surface area contributed by atoms with Crippen LogP contribution in [-0.2, 0) is 13.0 Å². The van der Waals surface area contributed by atoms with Crippen LogP contribution >= 0.6 is 0 Å². The van der Waals surface area contributed by atoms with Gasteiger partial charge in [0, 0.05) is 24.5 Å². The van der Waals surface area contributed by atoms with Crippen LogP contribution in [0.2, 0.25) is 0 Å². The highest BCUT2D eigenvalue weighted by molar-refractivity contribution is 5.58. The van der Waals surface area contributed by atoms with Crippen molar-refractivity contribution in [1.82, 2.24) is 9.38 Å². The third-order valence-corrected chi connectivity index (χ3v) is 4.33. The van der Waals surface area contributed by atoms with Crippen molar-refractivity contribution in [2.75, 3.05) is 11.4 Å². The number of nitrogens with zero attached hydrogens (tertiary/aromatic N) is 3. The Labute approximate surface area is 132 Å². The van der Waals surface area contributed by atoms with Crippen molar-refractivity contribution in [2.45, 2.75) is 19.9 Å². The molecule has 0 unspecified atom stereocenters. The van der Waals surface area contributed by atoms with Gasteiger partial charge in [0.05, 0.1) is 12.2 Å². The fraction of sp³-hybridized carbons (Fsp3) is 0.222. The Hall–Kier alpha value is -2.69. The van der Waals surface area contributed by atoms with Crippen LogP contribution < -0.4 is 10.5 Å². The maximum atomic E-state index is 13.5. The number of hydrogen-bond donors (Lipinski definition) is 0. The molecule has 0 N–H and O–H groups in total. The SMILES string of the molecule is Cc1cccn2c(=O)cc(CN3CCc4ccc(F)cc43)nc12. The standard InChI is InChI=1S/C18H16FN3O/c1-12-3-2-7-22-17(23)10-15(20-18(12)22)11-21-8-6-13-4-5-14(19)9-16(13)21/h2-5,7,9-10H,6,8,11H2,1H3. The molecule has 3 heterocycles. The molecule has 4 rings (SSSR count). The Kier molecular flexibility index (Phi) is 3.15. The molecule has 0 bridgehead atoms. The van der Waals surface area contributed by atoms with Crippen LogP contribution in [0.15, 0.2) is 47.4 Å². The molecule has 0 aliphatic carbocycles. The molecule has 116 valence electrons. The second-order valence-electron chi connectivity index (χ2n) is 5.92. The summed E-state index contributed by atoms with van der Waals surface area (Å²) in [5, 5.41) is 0. The fourth-order valence-corrected chi connectivity index (χ4v) is 3.17. The zero-order chi connectivity index (χ0) is 16.0. The zero-order valence-electron chi connectivity index (χ0n) is 12.8. The van der Waals surface area contributed by atoms with Crippen molar-refractivity contribution in [3.8, 4) is 0 Å². The molecule has 23 heavy (non-hydrogen) atoms. The molecular formula is C18H16FN3O. The highest BCUT2D eigenvalue weighted by Gasteiger charge is 2.20. The minimum Gasteiger partial charge on any atom is -0.365 e. The second kappa shape index (κ2) is 5.19. The van der Waals surface area contributed by atoms with Gasteiger partial charge in [0.25, 0.3) is 5.56 Å². The van der Waals surface area contributed by atoms with E-state index in [2.05, 4.69) is 9.88 Å². The van der Waals surface area contributed by atoms with Gasteiger partial charge in [0.15, 0.2) is 0 Å². The minimum atomic E-state index is -0.238. The van der Waals surface area contributed by atoms with E-state index in [4.69, 9.17) is 0 Å². The number of halogens is 1. The molecule has 4 nitrogen and oxygen atoms in total. The molecule has 0 radical (unpaired) electrons. The van der Waals surface area contributed by atoms with E-state index in [1.807, 2.05) is 25.1 Å². The summed E-state index contributed by atoms with van der Waals surface area (Å²) in [6.07, 6.45) is 2.61. The summed E-state index contributed by atoms with van der Waals surface area (Å²) in [6.45, 7) is 3.26. The minimum absolute atomic E-state index is 0.0904. The van der Waals surface area contributed by atoms with Crippen LogP contribution in [0.5, 0.6) is 0 Å². The van der Waals surface area contributed by atoms with Crippen molar-refractivity contribution in [1.29, 1.82) is 0 Å². The maximum Gasteiger partial charge on any atom is 0.258 e. The number of aromatic nitrogens is 2. The Morgan fingerprint density at radius 3 is 3.00 bits per heavy atom.